The molecule has 1 heteroatoms. The normalized spacial score (nSPS) is 30.2. The van der Waals surface area contributed by atoms with Crippen LogP contribution in [-0.4, -0.2) is 10.5 Å². The van der Waals surface area contributed by atoms with Gasteiger partial charge in [-0.15, -0.1) is 0 Å². The Labute approximate surface area is 85.9 Å². The summed E-state index contributed by atoms with van der Waals surface area (Å²) in [4.78, 5) is 0. The van der Waals surface area contributed by atoms with Crippen LogP contribution < -0.4 is 0 Å². The second-order valence-corrected chi connectivity index (χ2v) is 6.67. The van der Waals surface area contributed by atoms with Crippen LogP contribution in [0.1, 0.15) is 51.4 Å². The van der Waals surface area contributed by atoms with Crippen molar-refractivity contribution in [2.45, 2.75) is 61.9 Å². The van der Waals surface area contributed by atoms with Gasteiger partial charge in [-0.1, -0.05) is 12.8 Å². The van der Waals surface area contributed by atoms with E-state index < -0.39 is 0 Å². The number of rotatable bonds is 4. The van der Waals surface area contributed by atoms with E-state index in [1.807, 2.05) is 0 Å². The largest absolute Gasteiger partial charge is 0.155 e. The average molecular weight is 196 g/mol. The number of hydrogen-bond donors (Lipinski definition) is 0. The standard InChI is InChI=1S/C12H20S/c1-2-4-11(3-1)13-12(9-5-6-9)10-7-8-10/h9-12H,1-8H2. The Morgan fingerprint density at radius 3 is 1.77 bits per heavy atom. The van der Waals surface area contributed by atoms with Gasteiger partial charge >= 0.3 is 0 Å². The van der Waals surface area contributed by atoms with Gasteiger partial charge in [0.15, 0.2) is 0 Å². The van der Waals surface area contributed by atoms with E-state index in [4.69, 9.17) is 0 Å². The molecule has 13 heavy (non-hydrogen) atoms. The molecule has 3 aliphatic rings. The first-order valence-corrected chi connectivity index (χ1v) is 7.03. The maximum atomic E-state index is 2.39. The van der Waals surface area contributed by atoms with Crippen molar-refractivity contribution in [3.8, 4) is 0 Å². The molecule has 3 fully saturated rings. The predicted octanol–water partition coefficient (Wildman–Crippen LogP) is 3.85. The maximum Gasteiger partial charge on any atom is 0.0106 e. The van der Waals surface area contributed by atoms with Gasteiger partial charge in [0.2, 0.25) is 0 Å². The van der Waals surface area contributed by atoms with E-state index in [9.17, 15) is 0 Å². The second kappa shape index (κ2) is 3.49. The van der Waals surface area contributed by atoms with Crippen molar-refractivity contribution in [2.75, 3.05) is 0 Å². The molecule has 0 spiro atoms. The SMILES string of the molecule is C1CCC(SC(C2CC2)C2CC2)C1. The Bertz CT molecular complexity index is 164. The molecule has 0 bridgehead atoms. The molecule has 0 aliphatic heterocycles. The molecular formula is C12H20S. The zero-order chi connectivity index (χ0) is 8.67. The molecular weight excluding hydrogens is 176 g/mol. The molecule has 0 aromatic carbocycles. The molecule has 0 amide bonds. The highest BCUT2D eigenvalue weighted by Gasteiger charge is 2.42. The summed E-state index contributed by atoms with van der Waals surface area (Å²) >= 11 is 2.39. The summed E-state index contributed by atoms with van der Waals surface area (Å²) < 4.78 is 0. The topological polar surface area (TPSA) is 0 Å². The lowest BCUT2D eigenvalue weighted by Gasteiger charge is -2.19. The Hall–Kier alpha value is 0.350. The van der Waals surface area contributed by atoms with Crippen LogP contribution in [0, 0.1) is 11.8 Å². The van der Waals surface area contributed by atoms with Crippen LogP contribution >= 0.6 is 11.8 Å². The predicted molar refractivity (Wildman–Crippen MR) is 59.1 cm³/mol. The van der Waals surface area contributed by atoms with Gasteiger partial charge in [0.1, 0.15) is 0 Å². The average Bonchev–Trinajstić information content (AvgIpc) is 3.04. The minimum atomic E-state index is 1.06. The Morgan fingerprint density at radius 2 is 1.31 bits per heavy atom. The van der Waals surface area contributed by atoms with E-state index in [1.165, 1.54) is 25.7 Å². The van der Waals surface area contributed by atoms with Crippen molar-refractivity contribution in [3.05, 3.63) is 0 Å². The molecule has 0 nitrogen and oxygen atoms in total. The zero-order valence-corrected chi connectivity index (χ0v) is 9.19. The second-order valence-electron chi connectivity index (χ2n) is 5.18. The summed E-state index contributed by atoms with van der Waals surface area (Å²) in [6, 6.07) is 0. The van der Waals surface area contributed by atoms with Crippen molar-refractivity contribution >= 4 is 11.8 Å². The molecule has 0 aromatic heterocycles. The zero-order valence-electron chi connectivity index (χ0n) is 8.37. The van der Waals surface area contributed by atoms with Crippen molar-refractivity contribution < 1.29 is 0 Å². The molecule has 3 rings (SSSR count). The molecule has 0 unspecified atom stereocenters. The lowest BCUT2D eigenvalue weighted by molar-refractivity contribution is 0.667. The van der Waals surface area contributed by atoms with Crippen LogP contribution in [0.2, 0.25) is 0 Å². The lowest BCUT2D eigenvalue weighted by atomic mass is 10.2. The summed E-state index contributed by atoms with van der Waals surface area (Å²) in [7, 11) is 0. The fourth-order valence-electron chi connectivity index (χ4n) is 2.70. The summed E-state index contributed by atoms with van der Waals surface area (Å²) in [5.74, 6) is 2.30. The highest BCUT2D eigenvalue weighted by atomic mass is 32.2. The Balaban J connectivity index is 1.54. The minimum absolute atomic E-state index is 1.06. The van der Waals surface area contributed by atoms with Crippen LogP contribution in [0.5, 0.6) is 0 Å². The highest BCUT2D eigenvalue weighted by Crippen LogP contribution is 2.52. The molecule has 74 valence electrons. The van der Waals surface area contributed by atoms with E-state index in [2.05, 4.69) is 11.8 Å². The van der Waals surface area contributed by atoms with Gasteiger partial charge in [-0.05, 0) is 50.4 Å². The molecule has 0 saturated heterocycles. The molecule has 0 N–H and O–H groups in total. The first-order valence-electron chi connectivity index (χ1n) is 6.09. The van der Waals surface area contributed by atoms with Crippen LogP contribution in [0.4, 0.5) is 0 Å². The third-order valence-electron chi connectivity index (χ3n) is 3.83. The van der Waals surface area contributed by atoms with E-state index in [-0.39, 0.29) is 0 Å². The van der Waals surface area contributed by atoms with E-state index in [1.54, 1.807) is 25.7 Å². The lowest BCUT2D eigenvalue weighted by Crippen LogP contribution is -2.12. The van der Waals surface area contributed by atoms with Gasteiger partial charge in [-0.25, -0.2) is 0 Å². The Morgan fingerprint density at radius 1 is 0.769 bits per heavy atom. The van der Waals surface area contributed by atoms with Crippen molar-refractivity contribution in [1.29, 1.82) is 0 Å². The molecule has 0 aromatic rings. The number of hydrogen-bond acceptors (Lipinski definition) is 1. The molecule has 3 saturated carbocycles. The van der Waals surface area contributed by atoms with E-state index in [0.29, 0.717) is 0 Å². The number of thioether (sulfide) groups is 1. The maximum absolute atomic E-state index is 2.39. The fourth-order valence-corrected chi connectivity index (χ4v) is 4.74. The van der Waals surface area contributed by atoms with Crippen LogP contribution in [0.15, 0.2) is 0 Å². The van der Waals surface area contributed by atoms with Crippen LogP contribution in [-0.2, 0) is 0 Å². The summed E-state index contributed by atoms with van der Waals surface area (Å²) in [5.41, 5.74) is 0. The monoisotopic (exact) mass is 196 g/mol. The van der Waals surface area contributed by atoms with Crippen molar-refractivity contribution in [3.63, 3.8) is 0 Å². The van der Waals surface area contributed by atoms with E-state index in [0.717, 1.165) is 22.3 Å². The van der Waals surface area contributed by atoms with Gasteiger partial charge in [-0.2, -0.15) is 11.8 Å². The Kier molecular flexibility index (Phi) is 2.32. The summed E-state index contributed by atoms with van der Waals surface area (Å²) in [6.07, 6.45) is 12.3. The van der Waals surface area contributed by atoms with Gasteiger partial charge in [0.25, 0.3) is 0 Å². The first kappa shape index (κ1) is 8.64. The molecule has 3 aliphatic carbocycles. The van der Waals surface area contributed by atoms with Crippen molar-refractivity contribution in [1.82, 2.24) is 0 Å². The van der Waals surface area contributed by atoms with E-state index >= 15 is 0 Å². The summed E-state index contributed by atoms with van der Waals surface area (Å²) in [5, 5.41) is 2.16. The van der Waals surface area contributed by atoms with Gasteiger partial charge < -0.3 is 0 Å². The van der Waals surface area contributed by atoms with Crippen LogP contribution in [0.25, 0.3) is 0 Å². The minimum Gasteiger partial charge on any atom is -0.155 e. The van der Waals surface area contributed by atoms with Crippen molar-refractivity contribution in [2.24, 2.45) is 11.8 Å². The summed E-state index contributed by atoms with van der Waals surface area (Å²) in [6.45, 7) is 0. The first-order chi connectivity index (χ1) is 6.43. The van der Waals surface area contributed by atoms with Gasteiger partial charge in [0.05, 0.1) is 0 Å². The molecule has 0 heterocycles. The van der Waals surface area contributed by atoms with Gasteiger partial charge in [0, 0.05) is 10.5 Å². The molecule has 0 atom stereocenters. The quantitative estimate of drug-likeness (QED) is 0.658. The van der Waals surface area contributed by atoms with Crippen LogP contribution in [0.3, 0.4) is 0 Å². The third kappa shape index (κ3) is 2.06. The van der Waals surface area contributed by atoms with Gasteiger partial charge in [-0.3, -0.25) is 0 Å². The highest BCUT2D eigenvalue weighted by molar-refractivity contribution is 8.00. The smallest absolute Gasteiger partial charge is 0.0106 e. The molecule has 0 radical (unpaired) electrons. The fraction of sp³-hybridized carbons (Fsp3) is 1.00. The third-order valence-corrected chi connectivity index (χ3v) is 5.77.